The van der Waals surface area contributed by atoms with E-state index in [4.69, 9.17) is 5.73 Å². The van der Waals surface area contributed by atoms with Crippen LogP contribution >= 0.6 is 0 Å². The molecule has 20 heavy (non-hydrogen) atoms. The highest BCUT2D eigenvalue weighted by atomic mass is 15.2. The van der Waals surface area contributed by atoms with E-state index >= 15 is 0 Å². The van der Waals surface area contributed by atoms with Crippen LogP contribution in [0.15, 0.2) is 36.7 Å². The van der Waals surface area contributed by atoms with Gasteiger partial charge < -0.3 is 10.6 Å². The number of hydrogen-bond donors (Lipinski definition) is 1. The molecule has 2 unspecified atom stereocenters. The SMILES string of the molecule is CC1Cc2ccccc2N(CC(N)c2cnn(C)c2)C1. The maximum absolute atomic E-state index is 6.35. The minimum atomic E-state index is 0.00190. The van der Waals surface area contributed by atoms with Crippen LogP contribution in [0.3, 0.4) is 0 Å². The Kier molecular flexibility index (Phi) is 3.49. The highest BCUT2D eigenvalue weighted by Gasteiger charge is 2.23. The maximum Gasteiger partial charge on any atom is 0.0538 e. The van der Waals surface area contributed by atoms with Crippen molar-refractivity contribution in [2.45, 2.75) is 19.4 Å². The van der Waals surface area contributed by atoms with Crippen molar-refractivity contribution in [1.29, 1.82) is 0 Å². The standard InChI is InChI=1S/C16H22N4/c1-12-7-13-5-3-4-6-16(13)20(9-12)11-15(17)14-8-18-19(2)10-14/h3-6,8,10,12,15H,7,9,11,17H2,1-2H3. The first-order valence-corrected chi connectivity index (χ1v) is 7.20. The Bertz CT molecular complexity index is 590. The molecule has 1 aromatic heterocycles. The number of nitrogens with two attached hydrogens (primary N) is 1. The molecule has 1 aromatic carbocycles. The van der Waals surface area contributed by atoms with E-state index in [2.05, 4.69) is 41.2 Å². The highest BCUT2D eigenvalue weighted by molar-refractivity contribution is 5.56. The van der Waals surface area contributed by atoms with Crippen LogP contribution in [0.1, 0.15) is 24.1 Å². The van der Waals surface area contributed by atoms with Crippen LogP contribution in [0, 0.1) is 5.92 Å². The number of hydrogen-bond acceptors (Lipinski definition) is 3. The fourth-order valence-electron chi connectivity index (χ4n) is 3.05. The van der Waals surface area contributed by atoms with Gasteiger partial charge in [0.15, 0.2) is 0 Å². The lowest BCUT2D eigenvalue weighted by atomic mass is 9.93. The molecule has 0 saturated carbocycles. The molecule has 1 aliphatic heterocycles. The third-order valence-electron chi connectivity index (χ3n) is 4.00. The quantitative estimate of drug-likeness (QED) is 0.929. The van der Waals surface area contributed by atoms with Crippen molar-refractivity contribution in [2.75, 3.05) is 18.0 Å². The third-order valence-corrected chi connectivity index (χ3v) is 4.00. The fourth-order valence-corrected chi connectivity index (χ4v) is 3.05. The van der Waals surface area contributed by atoms with Gasteiger partial charge in [0.1, 0.15) is 0 Å². The van der Waals surface area contributed by atoms with E-state index in [-0.39, 0.29) is 6.04 Å². The molecule has 0 bridgehead atoms. The molecule has 2 aromatic rings. The fraction of sp³-hybridized carbons (Fsp3) is 0.438. The Morgan fingerprint density at radius 2 is 2.20 bits per heavy atom. The van der Waals surface area contributed by atoms with E-state index in [9.17, 15) is 0 Å². The van der Waals surface area contributed by atoms with Crippen LogP contribution in [-0.2, 0) is 13.5 Å². The summed E-state index contributed by atoms with van der Waals surface area (Å²) in [6.45, 7) is 4.22. The maximum atomic E-state index is 6.35. The first-order valence-electron chi connectivity index (χ1n) is 7.20. The van der Waals surface area contributed by atoms with Gasteiger partial charge in [-0.05, 0) is 24.0 Å². The number of benzene rings is 1. The van der Waals surface area contributed by atoms with Gasteiger partial charge in [-0.1, -0.05) is 25.1 Å². The van der Waals surface area contributed by atoms with Gasteiger partial charge in [0.2, 0.25) is 0 Å². The molecule has 2 atom stereocenters. The van der Waals surface area contributed by atoms with Crippen molar-refractivity contribution < 1.29 is 0 Å². The summed E-state index contributed by atoms with van der Waals surface area (Å²) in [5.41, 5.74) is 10.2. The van der Waals surface area contributed by atoms with Gasteiger partial charge in [0, 0.05) is 37.6 Å². The Morgan fingerprint density at radius 3 is 2.95 bits per heavy atom. The number of anilines is 1. The van der Waals surface area contributed by atoms with E-state index in [1.165, 1.54) is 11.3 Å². The Morgan fingerprint density at radius 1 is 1.40 bits per heavy atom. The summed E-state index contributed by atoms with van der Waals surface area (Å²) in [5, 5.41) is 4.21. The second-order valence-corrected chi connectivity index (χ2v) is 5.90. The topological polar surface area (TPSA) is 47.1 Å². The largest absolute Gasteiger partial charge is 0.369 e. The van der Waals surface area contributed by atoms with Crippen molar-refractivity contribution >= 4 is 5.69 Å². The van der Waals surface area contributed by atoms with Crippen LogP contribution in [0.25, 0.3) is 0 Å². The summed E-state index contributed by atoms with van der Waals surface area (Å²) in [7, 11) is 1.93. The molecule has 0 amide bonds. The number of aryl methyl sites for hydroxylation is 1. The van der Waals surface area contributed by atoms with E-state index in [0.29, 0.717) is 5.92 Å². The summed E-state index contributed by atoms with van der Waals surface area (Å²) in [6.07, 6.45) is 5.03. The predicted octanol–water partition coefficient (Wildman–Crippen LogP) is 2.12. The van der Waals surface area contributed by atoms with Crippen molar-refractivity contribution in [1.82, 2.24) is 9.78 Å². The van der Waals surface area contributed by atoms with E-state index in [1.807, 2.05) is 24.1 Å². The van der Waals surface area contributed by atoms with Gasteiger partial charge >= 0.3 is 0 Å². The van der Waals surface area contributed by atoms with Crippen molar-refractivity contribution in [3.63, 3.8) is 0 Å². The molecule has 0 spiro atoms. The lowest BCUT2D eigenvalue weighted by Crippen LogP contribution is -2.39. The van der Waals surface area contributed by atoms with Crippen molar-refractivity contribution in [3.05, 3.63) is 47.8 Å². The molecule has 1 aliphatic rings. The zero-order chi connectivity index (χ0) is 14.1. The molecule has 3 rings (SSSR count). The minimum Gasteiger partial charge on any atom is -0.369 e. The molecule has 4 nitrogen and oxygen atoms in total. The van der Waals surface area contributed by atoms with Gasteiger partial charge in [0.25, 0.3) is 0 Å². The van der Waals surface area contributed by atoms with Crippen LogP contribution in [0.2, 0.25) is 0 Å². The molecular formula is C16H22N4. The minimum absolute atomic E-state index is 0.00190. The van der Waals surface area contributed by atoms with Gasteiger partial charge in [-0.3, -0.25) is 4.68 Å². The summed E-state index contributed by atoms with van der Waals surface area (Å²) in [4.78, 5) is 2.42. The highest BCUT2D eigenvalue weighted by Crippen LogP contribution is 2.30. The molecule has 2 N–H and O–H groups in total. The van der Waals surface area contributed by atoms with E-state index < -0.39 is 0 Å². The molecule has 4 heteroatoms. The van der Waals surface area contributed by atoms with Crippen LogP contribution in [0.4, 0.5) is 5.69 Å². The van der Waals surface area contributed by atoms with Crippen molar-refractivity contribution in [3.8, 4) is 0 Å². The van der Waals surface area contributed by atoms with Gasteiger partial charge in [-0.25, -0.2) is 0 Å². The average molecular weight is 270 g/mol. The molecule has 0 fully saturated rings. The molecule has 2 heterocycles. The number of fused-ring (bicyclic) bond motifs is 1. The molecular weight excluding hydrogens is 248 g/mol. The summed E-state index contributed by atoms with van der Waals surface area (Å²) in [6, 6.07) is 8.67. The Labute approximate surface area is 120 Å². The van der Waals surface area contributed by atoms with Gasteiger partial charge in [-0.15, -0.1) is 0 Å². The van der Waals surface area contributed by atoms with Crippen LogP contribution in [0.5, 0.6) is 0 Å². The lowest BCUT2D eigenvalue weighted by molar-refractivity contribution is 0.515. The monoisotopic (exact) mass is 270 g/mol. The van der Waals surface area contributed by atoms with Crippen LogP contribution < -0.4 is 10.6 Å². The number of rotatable bonds is 3. The Balaban J connectivity index is 1.80. The second-order valence-electron chi connectivity index (χ2n) is 5.90. The lowest BCUT2D eigenvalue weighted by Gasteiger charge is -2.36. The first kappa shape index (κ1) is 13.2. The smallest absolute Gasteiger partial charge is 0.0538 e. The molecule has 0 aliphatic carbocycles. The molecule has 0 radical (unpaired) electrons. The van der Waals surface area contributed by atoms with Gasteiger partial charge in [-0.2, -0.15) is 5.10 Å². The second kappa shape index (κ2) is 5.29. The molecule has 106 valence electrons. The third kappa shape index (κ3) is 2.56. The summed E-state index contributed by atoms with van der Waals surface area (Å²) in [5.74, 6) is 0.672. The van der Waals surface area contributed by atoms with Crippen LogP contribution in [-0.4, -0.2) is 22.9 Å². The number of aromatic nitrogens is 2. The zero-order valence-electron chi connectivity index (χ0n) is 12.2. The predicted molar refractivity (Wildman–Crippen MR) is 81.7 cm³/mol. The zero-order valence-corrected chi connectivity index (χ0v) is 12.2. The summed E-state index contributed by atoms with van der Waals surface area (Å²) >= 11 is 0. The summed E-state index contributed by atoms with van der Waals surface area (Å²) < 4.78 is 1.81. The van der Waals surface area contributed by atoms with E-state index in [1.54, 1.807) is 0 Å². The van der Waals surface area contributed by atoms with E-state index in [0.717, 1.165) is 25.1 Å². The number of para-hydroxylation sites is 1. The normalized spacial score (nSPS) is 19.8. The number of nitrogens with zero attached hydrogens (tertiary/aromatic N) is 3. The average Bonchev–Trinajstić information content (AvgIpc) is 2.85. The molecule has 0 saturated heterocycles. The Hall–Kier alpha value is -1.81. The first-order chi connectivity index (χ1) is 9.63. The van der Waals surface area contributed by atoms with Gasteiger partial charge in [0.05, 0.1) is 12.2 Å². The van der Waals surface area contributed by atoms with Crippen molar-refractivity contribution in [2.24, 2.45) is 18.7 Å².